The van der Waals surface area contributed by atoms with E-state index in [0.29, 0.717) is 11.1 Å². The normalized spacial score (nSPS) is 11.2. The van der Waals surface area contributed by atoms with Crippen LogP contribution in [0, 0.1) is 0 Å². The van der Waals surface area contributed by atoms with E-state index in [2.05, 4.69) is 0 Å². The van der Waals surface area contributed by atoms with Gasteiger partial charge in [-0.05, 0) is 33.2 Å². The topological polar surface area (TPSA) is 56.5 Å². The smallest absolute Gasteiger partial charge is 0.336 e. The summed E-state index contributed by atoms with van der Waals surface area (Å²) in [7, 11) is 0. The molecule has 1 aromatic heterocycles. The predicted molar refractivity (Wildman–Crippen MR) is 117 cm³/mol. The summed E-state index contributed by atoms with van der Waals surface area (Å²) in [6, 6.07) is 26.8. The first-order valence-electron chi connectivity index (χ1n) is 9.76. The van der Waals surface area contributed by atoms with E-state index in [1.54, 1.807) is 6.07 Å². The van der Waals surface area contributed by atoms with Crippen LogP contribution in [0.25, 0.3) is 32.5 Å². The minimum Gasteiger partial charge on any atom is -0.461 e. The summed E-state index contributed by atoms with van der Waals surface area (Å²) in [4.78, 5) is 24.6. The third kappa shape index (κ3) is 3.33. The fourth-order valence-corrected chi connectivity index (χ4v) is 3.95. The lowest BCUT2D eigenvalue weighted by atomic mass is 10.0. The van der Waals surface area contributed by atoms with Gasteiger partial charge in [0.1, 0.15) is 12.2 Å². The van der Waals surface area contributed by atoms with Gasteiger partial charge in [0.2, 0.25) is 0 Å². The molecule has 0 spiro atoms. The van der Waals surface area contributed by atoms with E-state index in [9.17, 15) is 9.59 Å². The van der Waals surface area contributed by atoms with Crippen LogP contribution in [0.4, 0.5) is 0 Å². The molecule has 146 valence electrons. The Labute approximate surface area is 172 Å². The van der Waals surface area contributed by atoms with Crippen molar-refractivity contribution < 1.29 is 13.9 Å². The van der Waals surface area contributed by atoms with E-state index >= 15 is 0 Å². The van der Waals surface area contributed by atoms with Gasteiger partial charge in [-0.15, -0.1) is 0 Å². The third-order valence-corrected chi connectivity index (χ3v) is 5.32. The maximum absolute atomic E-state index is 12.6. The van der Waals surface area contributed by atoms with E-state index in [-0.39, 0.29) is 19.0 Å². The molecule has 4 aromatic carbocycles. The van der Waals surface area contributed by atoms with Gasteiger partial charge in [-0.3, -0.25) is 4.79 Å². The number of fused-ring (bicyclic) bond motifs is 4. The van der Waals surface area contributed by atoms with Crippen molar-refractivity contribution in [2.45, 2.75) is 13.0 Å². The Morgan fingerprint density at radius 2 is 1.47 bits per heavy atom. The first-order chi connectivity index (χ1) is 14.7. The molecule has 1 heterocycles. The van der Waals surface area contributed by atoms with Gasteiger partial charge in [-0.2, -0.15) is 0 Å². The molecule has 5 rings (SSSR count). The number of ether oxygens (including phenoxy) is 1. The summed E-state index contributed by atoms with van der Waals surface area (Å²) in [5, 5.41) is 4.90. The summed E-state index contributed by atoms with van der Waals surface area (Å²) in [6.07, 6.45) is 0.168. The average Bonchev–Trinajstić information content (AvgIpc) is 2.77. The standard InChI is InChI=1S/C26H18O4/c27-24(14-19-9-5-8-17-6-1-3-10-21(17)19)29-16-20-15-25(28)30-23-13-12-18-7-2-4-11-22(18)26(20)23/h1-13,15H,14,16H2. The highest BCUT2D eigenvalue weighted by Crippen LogP contribution is 2.28. The molecular formula is C26H18O4. The summed E-state index contributed by atoms with van der Waals surface area (Å²) < 4.78 is 10.9. The fraction of sp³-hybridized carbons (Fsp3) is 0.0769. The van der Waals surface area contributed by atoms with Crippen LogP contribution in [0.15, 0.2) is 94.1 Å². The van der Waals surface area contributed by atoms with Gasteiger partial charge in [0.25, 0.3) is 0 Å². The first kappa shape index (κ1) is 18.1. The SMILES string of the molecule is O=C(Cc1cccc2ccccc12)OCc1cc(=O)oc2ccc3ccccc3c12. The molecule has 0 saturated carbocycles. The van der Waals surface area contributed by atoms with Crippen molar-refractivity contribution in [1.29, 1.82) is 0 Å². The minimum atomic E-state index is -0.460. The van der Waals surface area contributed by atoms with Crippen molar-refractivity contribution in [3.05, 3.63) is 106 Å². The van der Waals surface area contributed by atoms with E-state index in [4.69, 9.17) is 9.15 Å². The lowest BCUT2D eigenvalue weighted by Gasteiger charge is -2.10. The molecule has 5 aromatic rings. The molecule has 0 fully saturated rings. The Morgan fingerprint density at radius 3 is 2.30 bits per heavy atom. The zero-order valence-corrected chi connectivity index (χ0v) is 16.1. The van der Waals surface area contributed by atoms with Crippen LogP contribution in [-0.4, -0.2) is 5.97 Å². The van der Waals surface area contributed by atoms with E-state index in [1.807, 2.05) is 72.8 Å². The molecule has 0 N–H and O–H groups in total. The summed E-state index contributed by atoms with van der Waals surface area (Å²) in [5.74, 6) is -0.340. The molecule has 0 aliphatic rings. The number of esters is 1. The third-order valence-electron chi connectivity index (χ3n) is 5.32. The van der Waals surface area contributed by atoms with Crippen molar-refractivity contribution in [3.63, 3.8) is 0 Å². The van der Waals surface area contributed by atoms with Crippen LogP contribution < -0.4 is 5.63 Å². The molecule has 0 aliphatic heterocycles. The maximum atomic E-state index is 12.6. The largest absolute Gasteiger partial charge is 0.461 e. The quantitative estimate of drug-likeness (QED) is 0.233. The van der Waals surface area contributed by atoms with Crippen LogP contribution in [-0.2, 0) is 22.6 Å². The van der Waals surface area contributed by atoms with Crippen molar-refractivity contribution >= 4 is 38.5 Å². The van der Waals surface area contributed by atoms with E-state index in [0.717, 1.165) is 32.5 Å². The number of benzene rings is 4. The van der Waals surface area contributed by atoms with Gasteiger partial charge in [0.05, 0.1) is 6.42 Å². The molecule has 30 heavy (non-hydrogen) atoms. The monoisotopic (exact) mass is 394 g/mol. The van der Waals surface area contributed by atoms with E-state index < -0.39 is 5.63 Å². The zero-order valence-electron chi connectivity index (χ0n) is 16.1. The average molecular weight is 394 g/mol. The van der Waals surface area contributed by atoms with Crippen LogP contribution in [0.5, 0.6) is 0 Å². The van der Waals surface area contributed by atoms with Crippen molar-refractivity contribution in [2.75, 3.05) is 0 Å². The van der Waals surface area contributed by atoms with Crippen LogP contribution in [0.3, 0.4) is 0 Å². The summed E-state index contributed by atoms with van der Waals surface area (Å²) >= 11 is 0. The van der Waals surface area contributed by atoms with Crippen molar-refractivity contribution in [3.8, 4) is 0 Å². The molecule has 0 amide bonds. The number of carbonyl (C=O) groups is 1. The number of rotatable bonds is 4. The molecule has 0 bridgehead atoms. The minimum absolute atomic E-state index is 0.0136. The molecule has 0 unspecified atom stereocenters. The summed E-state index contributed by atoms with van der Waals surface area (Å²) in [5.41, 5.74) is 1.59. The molecule has 0 saturated heterocycles. The van der Waals surface area contributed by atoms with Crippen molar-refractivity contribution in [1.82, 2.24) is 0 Å². The van der Waals surface area contributed by atoms with Gasteiger partial charge in [-0.25, -0.2) is 4.79 Å². The molecule has 0 radical (unpaired) electrons. The highest BCUT2D eigenvalue weighted by atomic mass is 16.5. The maximum Gasteiger partial charge on any atom is 0.336 e. The van der Waals surface area contributed by atoms with Crippen molar-refractivity contribution in [2.24, 2.45) is 0 Å². The second-order valence-electron chi connectivity index (χ2n) is 7.23. The Morgan fingerprint density at radius 1 is 0.767 bits per heavy atom. The van der Waals surface area contributed by atoms with Gasteiger partial charge in [0, 0.05) is 17.0 Å². The number of hydrogen-bond acceptors (Lipinski definition) is 4. The molecule has 4 nitrogen and oxygen atoms in total. The molecule has 4 heteroatoms. The van der Waals surface area contributed by atoms with Crippen LogP contribution in [0.2, 0.25) is 0 Å². The Kier molecular flexibility index (Phi) is 4.52. The van der Waals surface area contributed by atoms with Gasteiger partial charge < -0.3 is 9.15 Å². The Bertz CT molecular complexity index is 1460. The van der Waals surface area contributed by atoms with E-state index in [1.165, 1.54) is 6.07 Å². The Hall–Kier alpha value is -3.92. The zero-order chi connectivity index (χ0) is 20.5. The second kappa shape index (κ2) is 7.48. The lowest BCUT2D eigenvalue weighted by Crippen LogP contribution is -2.10. The summed E-state index contributed by atoms with van der Waals surface area (Å²) in [6.45, 7) is 0.0136. The predicted octanol–water partition coefficient (Wildman–Crippen LogP) is 5.39. The van der Waals surface area contributed by atoms with Crippen LogP contribution >= 0.6 is 0 Å². The number of carbonyl (C=O) groups excluding carboxylic acids is 1. The molecule has 0 aliphatic carbocycles. The molecule has 0 atom stereocenters. The van der Waals surface area contributed by atoms with Crippen LogP contribution in [0.1, 0.15) is 11.1 Å². The molecular weight excluding hydrogens is 376 g/mol. The first-order valence-corrected chi connectivity index (χ1v) is 9.76. The van der Waals surface area contributed by atoms with Gasteiger partial charge >= 0.3 is 11.6 Å². The highest BCUT2D eigenvalue weighted by molar-refractivity contribution is 6.07. The lowest BCUT2D eigenvalue weighted by molar-refractivity contribution is -0.144. The van der Waals surface area contributed by atoms with Gasteiger partial charge in [-0.1, -0.05) is 72.8 Å². The second-order valence-corrected chi connectivity index (χ2v) is 7.23. The highest BCUT2D eigenvalue weighted by Gasteiger charge is 2.13. The van der Waals surface area contributed by atoms with Gasteiger partial charge in [0.15, 0.2) is 0 Å². The number of hydrogen-bond donors (Lipinski definition) is 0. The fourth-order valence-electron chi connectivity index (χ4n) is 3.95. The Balaban J connectivity index is 1.45.